The highest BCUT2D eigenvalue weighted by molar-refractivity contribution is 6.17. The monoisotopic (exact) mass is 286 g/mol. The van der Waals surface area contributed by atoms with Crippen LogP contribution in [-0.4, -0.2) is 23.4 Å². The highest BCUT2D eigenvalue weighted by atomic mass is 35.5. The van der Waals surface area contributed by atoms with E-state index in [0.29, 0.717) is 0 Å². The smallest absolute Gasteiger partial charge is 0.489 e. The van der Waals surface area contributed by atoms with Crippen molar-refractivity contribution in [1.29, 1.82) is 0 Å². The third-order valence-corrected chi connectivity index (χ3v) is 2.04. The van der Waals surface area contributed by atoms with Crippen molar-refractivity contribution in [3.05, 3.63) is 21.7 Å². The number of ether oxygens (including phenoxy) is 2. The average Bonchev–Trinajstić information content (AvgIpc) is 2.25. The summed E-state index contributed by atoms with van der Waals surface area (Å²) in [6, 6.07) is 0.912. The summed E-state index contributed by atoms with van der Waals surface area (Å²) in [6.45, 7) is 0. The summed E-state index contributed by atoms with van der Waals surface area (Å²) in [7, 11) is 1.07. The molecular formula is C8H6ClF3N2O4. The lowest BCUT2D eigenvalue weighted by atomic mass is 10.2. The van der Waals surface area contributed by atoms with Crippen LogP contribution in [0.25, 0.3) is 0 Å². The fraction of sp³-hybridized carbons (Fsp3) is 0.375. The SMILES string of the molecule is COc1c(CCl)cc([N+](=O)[O-])nc1OC(F)(F)F. The number of pyridine rings is 1. The number of aromatic nitrogens is 1. The van der Waals surface area contributed by atoms with Crippen LogP contribution in [0, 0.1) is 10.1 Å². The highest BCUT2D eigenvalue weighted by Gasteiger charge is 2.37. The predicted octanol–water partition coefficient (Wildman–Crippen LogP) is 2.64. The highest BCUT2D eigenvalue weighted by Crippen LogP contribution is 2.36. The molecule has 0 aliphatic rings. The van der Waals surface area contributed by atoms with Crippen LogP contribution < -0.4 is 9.47 Å². The van der Waals surface area contributed by atoms with Gasteiger partial charge in [-0.2, -0.15) is 0 Å². The molecule has 100 valence electrons. The Bertz CT molecular complexity index is 466. The van der Waals surface area contributed by atoms with Gasteiger partial charge < -0.3 is 19.6 Å². The summed E-state index contributed by atoms with van der Waals surface area (Å²) in [5, 5.41) is 10.5. The molecule has 6 nitrogen and oxygen atoms in total. The fourth-order valence-corrected chi connectivity index (χ4v) is 1.33. The Morgan fingerprint density at radius 3 is 2.56 bits per heavy atom. The van der Waals surface area contributed by atoms with Crippen LogP contribution in [0.2, 0.25) is 0 Å². The van der Waals surface area contributed by atoms with Crippen molar-refractivity contribution in [2.24, 2.45) is 0 Å². The second kappa shape index (κ2) is 5.25. The van der Waals surface area contributed by atoms with Crippen LogP contribution in [0.15, 0.2) is 6.07 Å². The summed E-state index contributed by atoms with van der Waals surface area (Å²) in [5.74, 6) is -2.55. The van der Waals surface area contributed by atoms with Gasteiger partial charge in [0.2, 0.25) is 5.75 Å². The first-order valence-electron chi connectivity index (χ1n) is 4.32. The molecule has 0 fully saturated rings. The average molecular weight is 287 g/mol. The molecule has 10 heteroatoms. The summed E-state index contributed by atoms with van der Waals surface area (Å²) >= 11 is 5.46. The van der Waals surface area contributed by atoms with Gasteiger partial charge in [0.15, 0.2) is 0 Å². The van der Waals surface area contributed by atoms with Gasteiger partial charge in [-0.15, -0.1) is 24.8 Å². The summed E-state index contributed by atoms with van der Waals surface area (Å²) < 4.78 is 44.5. The molecule has 0 radical (unpaired) electrons. The molecule has 1 aromatic rings. The van der Waals surface area contributed by atoms with Gasteiger partial charge in [-0.1, -0.05) is 0 Å². The number of rotatable bonds is 4. The minimum Gasteiger partial charge on any atom is -0.489 e. The van der Waals surface area contributed by atoms with Crippen LogP contribution in [0.4, 0.5) is 19.0 Å². The molecule has 1 aromatic heterocycles. The van der Waals surface area contributed by atoms with Gasteiger partial charge in [0, 0.05) is 16.6 Å². The summed E-state index contributed by atoms with van der Waals surface area (Å²) in [4.78, 5) is 12.7. The molecule has 0 unspecified atom stereocenters. The molecule has 0 N–H and O–H groups in total. The molecule has 0 aliphatic heterocycles. The molecular weight excluding hydrogens is 281 g/mol. The maximum Gasteiger partial charge on any atom is 0.575 e. The van der Waals surface area contributed by atoms with E-state index in [0.717, 1.165) is 13.2 Å². The van der Waals surface area contributed by atoms with Crippen LogP contribution in [0.1, 0.15) is 5.56 Å². The van der Waals surface area contributed by atoms with Crippen molar-refractivity contribution < 1.29 is 27.6 Å². The van der Waals surface area contributed by atoms with E-state index in [2.05, 4.69) is 14.5 Å². The van der Waals surface area contributed by atoms with Gasteiger partial charge >= 0.3 is 18.1 Å². The van der Waals surface area contributed by atoms with Crippen LogP contribution >= 0.6 is 11.6 Å². The molecule has 18 heavy (non-hydrogen) atoms. The number of methoxy groups -OCH3 is 1. The van der Waals surface area contributed by atoms with E-state index in [-0.39, 0.29) is 11.4 Å². The summed E-state index contributed by atoms with van der Waals surface area (Å²) in [5.41, 5.74) is -0.0277. The zero-order valence-corrected chi connectivity index (χ0v) is 9.58. The van der Waals surface area contributed by atoms with Crippen LogP contribution in [0.5, 0.6) is 11.6 Å². The summed E-state index contributed by atoms with van der Waals surface area (Å²) in [6.07, 6.45) is -5.04. The van der Waals surface area contributed by atoms with Gasteiger partial charge in [0.25, 0.3) is 0 Å². The Kier molecular flexibility index (Phi) is 4.17. The normalized spacial score (nSPS) is 11.2. The topological polar surface area (TPSA) is 74.5 Å². The van der Waals surface area contributed by atoms with Gasteiger partial charge in [-0.3, -0.25) is 0 Å². The van der Waals surface area contributed by atoms with Gasteiger partial charge in [0.1, 0.15) is 0 Å². The van der Waals surface area contributed by atoms with E-state index >= 15 is 0 Å². The van der Waals surface area contributed by atoms with Crippen LogP contribution in [-0.2, 0) is 5.88 Å². The number of nitrogens with zero attached hydrogens (tertiary/aromatic N) is 2. The van der Waals surface area contributed by atoms with E-state index in [1.807, 2.05) is 0 Å². The lowest BCUT2D eigenvalue weighted by Crippen LogP contribution is -2.19. The lowest BCUT2D eigenvalue weighted by molar-refractivity contribution is -0.390. The van der Waals surface area contributed by atoms with Crippen molar-refractivity contribution in [3.8, 4) is 11.6 Å². The number of hydrogen-bond donors (Lipinski definition) is 0. The van der Waals surface area contributed by atoms with E-state index in [9.17, 15) is 23.3 Å². The Balaban J connectivity index is 3.35. The van der Waals surface area contributed by atoms with E-state index in [4.69, 9.17) is 11.6 Å². The zero-order chi connectivity index (χ0) is 13.9. The quantitative estimate of drug-likeness (QED) is 0.483. The van der Waals surface area contributed by atoms with Crippen LogP contribution in [0.3, 0.4) is 0 Å². The van der Waals surface area contributed by atoms with E-state index in [1.54, 1.807) is 0 Å². The Morgan fingerprint density at radius 2 is 2.17 bits per heavy atom. The van der Waals surface area contributed by atoms with Crippen molar-refractivity contribution in [2.45, 2.75) is 12.2 Å². The van der Waals surface area contributed by atoms with Gasteiger partial charge in [-0.25, -0.2) is 0 Å². The first kappa shape index (κ1) is 14.3. The van der Waals surface area contributed by atoms with Gasteiger partial charge in [-0.05, 0) is 4.92 Å². The minimum atomic E-state index is -5.04. The number of nitro groups is 1. The number of hydrogen-bond acceptors (Lipinski definition) is 5. The first-order valence-corrected chi connectivity index (χ1v) is 4.86. The Hall–Kier alpha value is -1.77. The molecule has 1 heterocycles. The van der Waals surface area contributed by atoms with Crippen molar-refractivity contribution in [3.63, 3.8) is 0 Å². The molecule has 0 saturated heterocycles. The van der Waals surface area contributed by atoms with Crippen molar-refractivity contribution in [2.75, 3.05) is 7.11 Å². The first-order chi connectivity index (χ1) is 8.28. The molecule has 0 bridgehead atoms. The molecule has 0 amide bonds. The van der Waals surface area contributed by atoms with Crippen molar-refractivity contribution >= 4 is 17.4 Å². The van der Waals surface area contributed by atoms with Gasteiger partial charge in [0.05, 0.1) is 13.0 Å². The zero-order valence-electron chi connectivity index (χ0n) is 8.82. The molecule has 0 spiro atoms. The third kappa shape index (κ3) is 3.36. The lowest BCUT2D eigenvalue weighted by Gasteiger charge is -2.10. The molecule has 0 saturated carbocycles. The fourth-order valence-electron chi connectivity index (χ4n) is 1.14. The maximum absolute atomic E-state index is 12.1. The number of alkyl halides is 4. The number of halogens is 4. The Morgan fingerprint density at radius 1 is 1.56 bits per heavy atom. The third-order valence-electron chi connectivity index (χ3n) is 1.75. The molecule has 0 aliphatic carbocycles. The second-order valence-corrected chi connectivity index (χ2v) is 3.18. The standard InChI is InChI=1S/C8H6ClF3N2O4/c1-17-6-4(3-9)2-5(14(15)16)13-7(6)18-8(10,11)12/h2H,3H2,1H3. The van der Waals surface area contributed by atoms with Crippen molar-refractivity contribution in [1.82, 2.24) is 4.98 Å². The predicted molar refractivity (Wildman–Crippen MR) is 53.7 cm³/mol. The largest absolute Gasteiger partial charge is 0.575 e. The molecule has 0 aromatic carbocycles. The van der Waals surface area contributed by atoms with E-state index < -0.39 is 28.7 Å². The second-order valence-electron chi connectivity index (χ2n) is 2.92. The van der Waals surface area contributed by atoms with E-state index in [1.165, 1.54) is 0 Å². The molecule has 0 atom stereocenters. The molecule has 1 rings (SSSR count). The minimum absolute atomic E-state index is 0.0277. The maximum atomic E-state index is 12.1. The Labute approximate surface area is 103 Å².